The lowest BCUT2D eigenvalue weighted by Crippen LogP contribution is -1.98. The third-order valence-corrected chi connectivity index (χ3v) is 4.33. The number of hydrogen-bond acceptors (Lipinski definition) is 6. The van der Waals surface area contributed by atoms with E-state index in [1.165, 1.54) is 19.3 Å². The van der Waals surface area contributed by atoms with Crippen LogP contribution in [0.2, 0.25) is 0 Å². The zero-order valence-corrected chi connectivity index (χ0v) is 13.9. The summed E-state index contributed by atoms with van der Waals surface area (Å²) in [5, 5.41) is 9.20. The van der Waals surface area contributed by atoms with E-state index in [1.54, 1.807) is 24.3 Å². The van der Waals surface area contributed by atoms with Crippen molar-refractivity contribution in [2.75, 3.05) is 5.75 Å². The van der Waals surface area contributed by atoms with Gasteiger partial charge in [-0.2, -0.15) is 0 Å². The molecule has 3 heterocycles. The highest BCUT2D eigenvalue weighted by Gasteiger charge is 2.17. The van der Waals surface area contributed by atoms with Gasteiger partial charge in [0.25, 0.3) is 0 Å². The predicted molar refractivity (Wildman–Crippen MR) is 90.1 cm³/mol. The fourth-order valence-electron chi connectivity index (χ4n) is 2.23. The molecule has 23 heavy (non-hydrogen) atoms. The number of thioether (sulfide) groups is 1. The first-order valence-corrected chi connectivity index (χ1v) is 8.82. The second-order valence-electron chi connectivity index (χ2n) is 5.16. The summed E-state index contributed by atoms with van der Waals surface area (Å²) in [5.74, 6) is 2.30. The first-order valence-electron chi connectivity index (χ1n) is 7.83. The predicted octanol–water partition coefficient (Wildman–Crippen LogP) is 5.06. The van der Waals surface area contributed by atoms with Crippen molar-refractivity contribution in [2.45, 2.75) is 37.8 Å². The Morgan fingerprint density at radius 1 is 0.913 bits per heavy atom. The molecule has 3 aromatic heterocycles. The van der Waals surface area contributed by atoms with E-state index in [9.17, 15) is 0 Å². The van der Waals surface area contributed by atoms with Crippen molar-refractivity contribution >= 4 is 11.8 Å². The Morgan fingerprint density at radius 3 is 2.30 bits per heavy atom. The van der Waals surface area contributed by atoms with Gasteiger partial charge in [0, 0.05) is 5.75 Å². The lowest BCUT2D eigenvalue weighted by atomic mass is 10.2. The van der Waals surface area contributed by atoms with Crippen molar-refractivity contribution in [2.24, 2.45) is 0 Å². The van der Waals surface area contributed by atoms with Crippen LogP contribution in [0.3, 0.4) is 0 Å². The Hall–Kier alpha value is -2.08. The number of unbranched alkanes of at least 4 members (excludes halogenated alkanes) is 3. The molecule has 0 N–H and O–H groups in total. The molecule has 0 aliphatic rings. The Balaban J connectivity index is 1.80. The van der Waals surface area contributed by atoms with Gasteiger partial charge in [-0.15, -0.1) is 10.2 Å². The molecule has 0 atom stereocenters. The molecule has 0 bridgehead atoms. The van der Waals surface area contributed by atoms with Crippen molar-refractivity contribution in [1.82, 2.24) is 15.2 Å². The number of hydrogen-bond donors (Lipinski definition) is 0. The van der Waals surface area contributed by atoms with Crippen LogP contribution in [0.1, 0.15) is 32.6 Å². The summed E-state index contributed by atoms with van der Waals surface area (Å²) in [6.07, 6.45) is 8.16. The van der Waals surface area contributed by atoms with Gasteiger partial charge in [0.05, 0.1) is 12.5 Å². The standard InChI is InChI=1S/C17H19N3O2S/c1-2-3-4-5-12-23-17-18-15(13-8-6-10-21-13)16(19-20-17)14-9-7-11-22-14/h6-11H,2-5,12H2,1H3. The molecule has 0 aliphatic carbocycles. The van der Waals surface area contributed by atoms with Gasteiger partial charge in [0.2, 0.25) is 5.16 Å². The van der Waals surface area contributed by atoms with E-state index in [1.807, 2.05) is 24.3 Å². The van der Waals surface area contributed by atoms with Crippen LogP contribution in [0.15, 0.2) is 50.8 Å². The Morgan fingerprint density at radius 2 is 1.65 bits per heavy atom. The minimum absolute atomic E-state index is 0.597. The molecule has 0 unspecified atom stereocenters. The number of furan rings is 2. The molecule has 3 aromatic rings. The minimum Gasteiger partial charge on any atom is -0.463 e. The fraction of sp³-hybridized carbons (Fsp3) is 0.353. The summed E-state index contributed by atoms with van der Waals surface area (Å²) in [7, 11) is 0. The summed E-state index contributed by atoms with van der Waals surface area (Å²) in [6.45, 7) is 2.21. The van der Waals surface area contributed by atoms with Crippen LogP contribution in [-0.2, 0) is 0 Å². The summed E-state index contributed by atoms with van der Waals surface area (Å²) in [4.78, 5) is 4.62. The molecule has 0 amide bonds. The zero-order chi connectivity index (χ0) is 15.9. The van der Waals surface area contributed by atoms with E-state index in [0.717, 1.165) is 12.2 Å². The normalized spacial score (nSPS) is 11.0. The Labute approximate surface area is 139 Å². The number of nitrogens with zero attached hydrogens (tertiary/aromatic N) is 3. The van der Waals surface area contributed by atoms with Crippen molar-refractivity contribution in [3.8, 4) is 22.9 Å². The largest absolute Gasteiger partial charge is 0.463 e. The fourth-order valence-corrected chi connectivity index (χ4v) is 3.01. The zero-order valence-electron chi connectivity index (χ0n) is 13.1. The number of rotatable bonds is 8. The van der Waals surface area contributed by atoms with Crippen LogP contribution in [0.4, 0.5) is 0 Å². The highest BCUT2D eigenvalue weighted by atomic mass is 32.2. The van der Waals surface area contributed by atoms with Gasteiger partial charge in [-0.05, 0) is 30.7 Å². The van der Waals surface area contributed by atoms with Crippen LogP contribution in [0.5, 0.6) is 0 Å². The molecule has 0 saturated heterocycles. The van der Waals surface area contributed by atoms with Crippen molar-refractivity contribution in [3.05, 3.63) is 36.8 Å². The van der Waals surface area contributed by atoms with Gasteiger partial charge < -0.3 is 8.83 Å². The maximum atomic E-state index is 5.49. The van der Waals surface area contributed by atoms with Gasteiger partial charge in [0.1, 0.15) is 5.69 Å². The van der Waals surface area contributed by atoms with Gasteiger partial charge in [-0.1, -0.05) is 37.9 Å². The summed E-state index contributed by atoms with van der Waals surface area (Å²) in [5.41, 5.74) is 1.26. The van der Waals surface area contributed by atoms with E-state index in [2.05, 4.69) is 22.1 Å². The first kappa shape index (κ1) is 15.8. The Bertz CT molecular complexity index is 712. The molecule has 5 nitrogen and oxygen atoms in total. The second kappa shape index (κ2) is 7.97. The quantitative estimate of drug-likeness (QED) is 0.425. The molecule has 0 spiro atoms. The highest BCUT2D eigenvalue weighted by Crippen LogP contribution is 2.30. The van der Waals surface area contributed by atoms with Gasteiger partial charge in [-0.25, -0.2) is 4.98 Å². The topological polar surface area (TPSA) is 65.0 Å². The molecular formula is C17H19N3O2S. The molecule has 0 fully saturated rings. The van der Waals surface area contributed by atoms with E-state index >= 15 is 0 Å². The van der Waals surface area contributed by atoms with Crippen molar-refractivity contribution in [1.29, 1.82) is 0 Å². The van der Waals surface area contributed by atoms with Gasteiger partial charge >= 0.3 is 0 Å². The summed E-state index contributed by atoms with van der Waals surface area (Å²) in [6, 6.07) is 7.36. The van der Waals surface area contributed by atoms with E-state index in [4.69, 9.17) is 8.83 Å². The smallest absolute Gasteiger partial charge is 0.209 e. The molecule has 0 saturated carbocycles. The average molecular weight is 329 g/mol. The lowest BCUT2D eigenvalue weighted by molar-refractivity contribution is 0.567. The maximum absolute atomic E-state index is 5.49. The molecule has 120 valence electrons. The molecule has 0 aromatic carbocycles. The molecule has 3 rings (SSSR count). The second-order valence-corrected chi connectivity index (χ2v) is 6.22. The third-order valence-electron chi connectivity index (χ3n) is 3.41. The minimum atomic E-state index is 0.597. The third kappa shape index (κ3) is 4.01. The van der Waals surface area contributed by atoms with Crippen LogP contribution in [0.25, 0.3) is 22.9 Å². The monoisotopic (exact) mass is 329 g/mol. The SMILES string of the molecule is CCCCCCSc1nnc(-c2ccco2)c(-c2ccco2)n1. The Kier molecular flexibility index (Phi) is 5.47. The van der Waals surface area contributed by atoms with Gasteiger partial charge in [-0.3, -0.25) is 0 Å². The van der Waals surface area contributed by atoms with Crippen molar-refractivity contribution in [3.63, 3.8) is 0 Å². The lowest BCUT2D eigenvalue weighted by Gasteiger charge is -2.05. The maximum Gasteiger partial charge on any atom is 0.209 e. The summed E-state index contributed by atoms with van der Waals surface area (Å²) >= 11 is 1.63. The van der Waals surface area contributed by atoms with Crippen molar-refractivity contribution < 1.29 is 8.83 Å². The van der Waals surface area contributed by atoms with Crippen LogP contribution in [0, 0.1) is 0 Å². The molecular weight excluding hydrogens is 310 g/mol. The summed E-state index contributed by atoms with van der Waals surface area (Å²) < 4.78 is 10.9. The van der Waals surface area contributed by atoms with E-state index in [-0.39, 0.29) is 0 Å². The number of aromatic nitrogens is 3. The van der Waals surface area contributed by atoms with Gasteiger partial charge in [0.15, 0.2) is 17.2 Å². The first-order chi connectivity index (χ1) is 11.4. The highest BCUT2D eigenvalue weighted by molar-refractivity contribution is 7.99. The molecule has 0 aliphatic heterocycles. The molecule has 6 heteroatoms. The average Bonchev–Trinajstić information content (AvgIpc) is 3.28. The molecule has 0 radical (unpaired) electrons. The van der Waals surface area contributed by atoms with E-state index < -0.39 is 0 Å². The van der Waals surface area contributed by atoms with Crippen LogP contribution < -0.4 is 0 Å². The van der Waals surface area contributed by atoms with E-state index in [0.29, 0.717) is 28.1 Å². The van der Waals surface area contributed by atoms with Crippen LogP contribution in [-0.4, -0.2) is 20.9 Å². The van der Waals surface area contributed by atoms with Crippen LogP contribution >= 0.6 is 11.8 Å².